The van der Waals surface area contributed by atoms with Crippen molar-refractivity contribution >= 4 is 22.5 Å². The third kappa shape index (κ3) is 4.32. The maximum absolute atomic E-state index is 12.5. The summed E-state index contributed by atoms with van der Waals surface area (Å²) in [6.07, 6.45) is 1.23. The third-order valence-corrected chi connectivity index (χ3v) is 4.90. The summed E-state index contributed by atoms with van der Waals surface area (Å²) in [5.74, 6) is -0.733. The van der Waals surface area contributed by atoms with Crippen molar-refractivity contribution in [2.75, 3.05) is 6.54 Å². The van der Waals surface area contributed by atoms with E-state index in [9.17, 15) is 9.59 Å². The zero-order valence-corrected chi connectivity index (χ0v) is 15.4. The van der Waals surface area contributed by atoms with Gasteiger partial charge in [-0.2, -0.15) is 0 Å². The van der Waals surface area contributed by atoms with Crippen molar-refractivity contribution in [3.8, 4) is 0 Å². The van der Waals surface area contributed by atoms with Gasteiger partial charge in [0.15, 0.2) is 0 Å². The Balaban J connectivity index is 2.07. The Morgan fingerprint density at radius 2 is 1.59 bits per heavy atom. The van der Waals surface area contributed by atoms with Crippen molar-refractivity contribution in [2.24, 2.45) is 5.92 Å². The van der Waals surface area contributed by atoms with Crippen molar-refractivity contribution in [3.63, 3.8) is 0 Å². The Morgan fingerprint density at radius 3 is 2.26 bits per heavy atom. The van der Waals surface area contributed by atoms with E-state index in [0.717, 1.165) is 21.9 Å². The van der Waals surface area contributed by atoms with Gasteiger partial charge in [0.2, 0.25) is 5.91 Å². The number of rotatable bonds is 7. The van der Waals surface area contributed by atoms with Crippen LogP contribution >= 0.6 is 0 Å². The van der Waals surface area contributed by atoms with Crippen LogP contribution in [0.25, 0.3) is 10.8 Å². The molecule has 0 saturated heterocycles. The number of carbonyl (C=O) groups is 2. The van der Waals surface area contributed by atoms with Crippen LogP contribution in [0.3, 0.4) is 0 Å². The van der Waals surface area contributed by atoms with Gasteiger partial charge >= 0.3 is 0 Å². The predicted molar refractivity (Wildman–Crippen MR) is 110 cm³/mol. The van der Waals surface area contributed by atoms with Gasteiger partial charge in [0.05, 0.1) is 0 Å². The number of hydrogen-bond acceptors (Lipinski definition) is 2. The van der Waals surface area contributed by atoms with Crippen LogP contribution in [0.1, 0.15) is 24.0 Å². The number of ketones is 1. The Kier molecular flexibility index (Phi) is 5.82. The minimum absolute atomic E-state index is 0.0429. The molecule has 2 atom stereocenters. The fourth-order valence-electron chi connectivity index (χ4n) is 3.50. The molecule has 3 rings (SSSR count). The molecule has 0 aliphatic heterocycles. The molecule has 27 heavy (non-hydrogen) atoms. The van der Waals surface area contributed by atoms with Crippen molar-refractivity contribution < 1.29 is 9.59 Å². The van der Waals surface area contributed by atoms with Crippen LogP contribution in [-0.4, -0.2) is 18.2 Å². The summed E-state index contributed by atoms with van der Waals surface area (Å²) in [6, 6.07) is 24.4. The fourth-order valence-corrected chi connectivity index (χ4v) is 3.50. The minimum Gasteiger partial charge on any atom is -0.352 e. The van der Waals surface area contributed by atoms with E-state index in [0.29, 0.717) is 0 Å². The van der Waals surface area contributed by atoms with Crippen LogP contribution < -0.4 is 5.32 Å². The number of Topliss-reactive ketones (excluding diaryl/α,β-unsaturated/α-hetero) is 1. The highest BCUT2D eigenvalue weighted by molar-refractivity contribution is 5.88. The van der Waals surface area contributed by atoms with E-state index in [1.807, 2.05) is 42.5 Å². The Bertz CT molecular complexity index is 962. The van der Waals surface area contributed by atoms with Gasteiger partial charge in [-0.3, -0.25) is 9.59 Å². The normalized spacial score (nSPS) is 12.9. The first-order valence-corrected chi connectivity index (χ1v) is 9.04. The molecule has 2 unspecified atom stereocenters. The second-order valence-corrected chi connectivity index (χ2v) is 6.66. The molecule has 3 aromatic rings. The van der Waals surface area contributed by atoms with Crippen molar-refractivity contribution in [1.82, 2.24) is 5.32 Å². The average molecular weight is 357 g/mol. The Morgan fingerprint density at radius 1 is 0.926 bits per heavy atom. The smallest absolute Gasteiger partial charge is 0.243 e. The van der Waals surface area contributed by atoms with Gasteiger partial charge in [0.25, 0.3) is 0 Å². The molecule has 0 heterocycles. The van der Waals surface area contributed by atoms with Crippen LogP contribution in [-0.2, 0) is 9.59 Å². The van der Waals surface area contributed by atoms with E-state index >= 15 is 0 Å². The Hall–Kier alpha value is -3.20. The van der Waals surface area contributed by atoms with Gasteiger partial charge < -0.3 is 5.32 Å². The molecule has 3 nitrogen and oxygen atoms in total. The predicted octanol–water partition coefficient (Wildman–Crippen LogP) is 4.48. The first-order chi connectivity index (χ1) is 13.1. The highest BCUT2D eigenvalue weighted by atomic mass is 16.1. The molecule has 3 heteroatoms. The quantitative estimate of drug-likeness (QED) is 0.634. The summed E-state index contributed by atoms with van der Waals surface area (Å²) in [5, 5.41) is 5.09. The molecule has 0 fully saturated rings. The van der Waals surface area contributed by atoms with E-state index in [2.05, 4.69) is 42.2 Å². The van der Waals surface area contributed by atoms with Crippen LogP contribution in [0.4, 0.5) is 0 Å². The van der Waals surface area contributed by atoms with Crippen LogP contribution in [0.15, 0.2) is 85.5 Å². The molecule has 0 aliphatic carbocycles. The lowest BCUT2D eigenvalue weighted by Crippen LogP contribution is -2.35. The summed E-state index contributed by atoms with van der Waals surface area (Å²) < 4.78 is 0. The number of hydrogen-bond donors (Lipinski definition) is 1. The van der Waals surface area contributed by atoms with E-state index in [1.165, 1.54) is 6.08 Å². The van der Waals surface area contributed by atoms with E-state index in [1.54, 1.807) is 6.92 Å². The van der Waals surface area contributed by atoms with Crippen LogP contribution in [0.2, 0.25) is 0 Å². The lowest BCUT2D eigenvalue weighted by molar-refractivity contribution is -0.121. The summed E-state index contributed by atoms with van der Waals surface area (Å²) in [4.78, 5) is 24.2. The summed E-state index contributed by atoms with van der Waals surface area (Å²) in [5.41, 5.74) is 2.12. The van der Waals surface area contributed by atoms with Gasteiger partial charge in [-0.1, -0.05) is 79.4 Å². The van der Waals surface area contributed by atoms with Gasteiger partial charge in [-0.05, 0) is 34.9 Å². The van der Waals surface area contributed by atoms with Gasteiger partial charge in [0, 0.05) is 18.4 Å². The topological polar surface area (TPSA) is 46.2 Å². The Labute approximate surface area is 159 Å². The zero-order chi connectivity index (χ0) is 19.2. The van der Waals surface area contributed by atoms with Gasteiger partial charge in [-0.25, -0.2) is 0 Å². The van der Waals surface area contributed by atoms with E-state index < -0.39 is 0 Å². The van der Waals surface area contributed by atoms with Crippen molar-refractivity contribution in [1.29, 1.82) is 0 Å². The second kappa shape index (κ2) is 8.45. The third-order valence-electron chi connectivity index (χ3n) is 4.90. The van der Waals surface area contributed by atoms with E-state index in [-0.39, 0.29) is 30.1 Å². The molecule has 0 saturated carbocycles. The number of nitrogens with one attached hydrogen (secondary N) is 1. The molecule has 1 N–H and O–H groups in total. The van der Waals surface area contributed by atoms with Crippen molar-refractivity contribution in [2.45, 2.75) is 12.8 Å². The SMILES string of the molecule is C=CC(=O)NCC(C(C)=O)C(c1ccccc1)c1ccc2ccccc2c1. The van der Waals surface area contributed by atoms with E-state index in [4.69, 9.17) is 0 Å². The lowest BCUT2D eigenvalue weighted by atomic mass is 9.78. The second-order valence-electron chi connectivity index (χ2n) is 6.66. The minimum atomic E-state index is -0.363. The molecular formula is C24H23NO2. The standard InChI is InChI=1S/C24H23NO2/c1-3-23(27)25-16-22(17(2)26)24(19-10-5-4-6-11-19)21-14-13-18-9-7-8-12-20(18)15-21/h3-15,22,24H,1,16H2,2H3,(H,25,27). The molecule has 1 amide bonds. The molecule has 3 aromatic carbocycles. The summed E-state index contributed by atoms with van der Waals surface area (Å²) in [6.45, 7) is 5.34. The van der Waals surface area contributed by atoms with Crippen LogP contribution in [0, 0.1) is 5.92 Å². The molecular weight excluding hydrogens is 334 g/mol. The monoisotopic (exact) mass is 357 g/mol. The molecule has 0 bridgehead atoms. The maximum atomic E-state index is 12.5. The highest BCUT2D eigenvalue weighted by Gasteiger charge is 2.29. The maximum Gasteiger partial charge on any atom is 0.243 e. The summed E-state index contributed by atoms with van der Waals surface area (Å²) in [7, 11) is 0. The zero-order valence-electron chi connectivity index (χ0n) is 15.4. The summed E-state index contributed by atoms with van der Waals surface area (Å²) >= 11 is 0. The van der Waals surface area contributed by atoms with Gasteiger partial charge in [0.1, 0.15) is 5.78 Å². The molecule has 0 aliphatic rings. The number of carbonyl (C=O) groups excluding carboxylic acids is 2. The molecule has 0 spiro atoms. The van der Waals surface area contributed by atoms with Gasteiger partial charge in [-0.15, -0.1) is 0 Å². The molecule has 0 radical (unpaired) electrons. The molecule has 136 valence electrons. The fraction of sp³-hybridized carbons (Fsp3) is 0.167. The number of fused-ring (bicyclic) bond motifs is 1. The number of benzene rings is 3. The van der Waals surface area contributed by atoms with Crippen LogP contribution in [0.5, 0.6) is 0 Å². The first kappa shape index (κ1) is 18.6. The first-order valence-electron chi connectivity index (χ1n) is 9.04. The van der Waals surface area contributed by atoms with Crippen molar-refractivity contribution in [3.05, 3.63) is 96.6 Å². The average Bonchev–Trinajstić information content (AvgIpc) is 2.70. The highest BCUT2D eigenvalue weighted by Crippen LogP contribution is 2.34. The molecule has 0 aromatic heterocycles. The number of amides is 1. The lowest BCUT2D eigenvalue weighted by Gasteiger charge is -2.27. The largest absolute Gasteiger partial charge is 0.352 e.